The molecule has 34 heavy (non-hydrogen) atoms. The van der Waals surface area contributed by atoms with Crippen LogP contribution in [-0.2, 0) is 19.6 Å². The summed E-state index contributed by atoms with van der Waals surface area (Å²) in [5.41, 5.74) is 2.52. The largest absolute Gasteiger partial charge is 0.478 e. The molecule has 3 heterocycles. The number of carbonyl (C=O) groups is 1. The number of piperidine rings is 1. The van der Waals surface area contributed by atoms with Crippen LogP contribution in [0.1, 0.15) is 32.6 Å². The Morgan fingerprint density at radius 1 is 1.15 bits per heavy atom. The zero-order chi connectivity index (χ0) is 24.6. The maximum absolute atomic E-state index is 13.7. The van der Waals surface area contributed by atoms with Crippen LogP contribution in [0.15, 0.2) is 18.3 Å². The van der Waals surface area contributed by atoms with Crippen molar-refractivity contribution in [1.82, 2.24) is 19.7 Å². The molecule has 1 aromatic rings. The first-order chi connectivity index (χ1) is 16.4. The molecule has 0 radical (unpaired) electrons. The summed E-state index contributed by atoms with van der Waals surface area (Å²) in [6.45, 7) is 6.29. The van der Waals surface area contributed by atoms with Gasteiger partial charge < -0.3 is 19.3 Å². The lowest BCUT2D eigenvalue weighted by molar-refractivity contribution is -0.133. The van der Waals surface area contributed by atoms with Crippen LogP contribution in [0, 0.1) is 0 Å². The summed E-state index contributed by atoms with van der Waals surface area (Å²) in [6, 6.07) is 3.75. The van der Waals surface area contributed by atoms with E-state index < -0.39 is 20.7 Å². The van der Waals surface area contributed by atoms with Gasteiger partial charge in [0.15, 0.2) is 4.75 Å². The fourth-order valence-corrected chi connectivity index (χ4v) is 6.58. The number of hydroxylamine groups is 1. The third kappa shape index (κ3) is 5.80. The molecular formula is C22H37N5O6S. The number of pyridine rings is 1. The molecule has 192 valence electrons. The van der Waals surface area contributed by atoms with Crippen molar-refractivity contribution in [2.45, 2.75) is 37.4 Å². The average Bonchev–Trinajstić information content (AvgIpc) is 2.88. The van der Waals surface area contributed by atoms with E-state index in [1.807, 2.05) is 12.1 Å². The smallest absolute Gasteiger partial charge is 0.266 e. The van der Waals surface area contributed by atoms with Gasteiger partial charge in [-0.05, 0) is 25.3 Å². The molecule has 3 rings (SSSR count). The molecule has 1 aromatic heterocycles. The quantitative estimate of drug-likeness (QED) is 0.257. The molecule has 2 N–H and O–H groups in total. The van der Waals surface area contributed by atoms with Gasteiger partial charge in [-0.15, -0.1) is 0 Å². The molecule has 2 saturated heterocycles. The molecule has 0 unspecified atom stereocenters. The lowest BCUT2D eigenvalue weighted by atomic mass is 9.95. The molecule has 2 fully saturated rings. The highest BCUT2D eigenvalue weighted by molar-refractivity contribution is 7.91. The Labute approximate surface area is 202 Å². The second-order valence-corrected chi connectivity index (χ2v) is 11.0. The number of piperazine rings is 1. The number of carbonyl (C=O) groups excluding carboxylic acids is 1. The Balaban J connectivity index is 1.64. The van der Waals surface area contributed by atoms with Crippen molar-refractivity contribution in [2.75, 3.05) is 71.0 Å². The Hall–Kier alpha value is -1.99. The van der Waals surface area contributed by atoms with Crippen molar-refractivity contribution in [3.63, 3.8) is 0 Å². The number of nitrogens with zero attached hydrogens (tertiary/aromatic N) is 4. The molecule has 0 aliphatic carbocycles. The minimum atomic E-state index is -3.99. The maximum atomic E-state index is 13.7. The van der Waals surface area contributed by atoms with Gasteiger partial charge in [-0.3, -0.25) is 10.0 Å². The van der Waals surface area contributed by atoms with Crippen molar-refractivity contribution < 1.29 is 27.9 Å². The standard InChI is InChI=1S/C22H37N5O6S/c1-3-4-16-33-20-6-5-19(18-23-20)26-11-13-27(14-12-26)34(30,31)22(21(28)24-29)7-9-25(10-8-22)15-17-32-2/h5-6,18,29H,3-4,7-17H2,1-2H3,(H,24,28). The number of nitrogens with one attached hydrogen (secondary N) is 1. The number of hydrogen-bond donors (Lipinski definition) is 2. The number of likely N-dealkylation sites (tertiary alicyclic amines) is 1. The number of amides is 1. The van der Waals surface area contributed by atoms with Crippen LogP contribution in [0.3, 0.4) is 0 Å². The van der Waals surface area contributed by atoms with Gasteiger partial charge in [-0.1, -0.05) is 13.3 Å². The molecule has 0 spiro atoms. The first-order valence-electron chi connectivity index (χ1n) is 11.9. The molecule has 1 amide bonds. The summed E-state index contributed by atoms with van der Waals surface area (Å²) in [4.78, 5) is 21.2. The van der Waals surface area contributed by atoms with E-state index in [0.29, 0.717) is 51.8 Å². The molecule has 11 nitrogen and oxygen atoms in total. The van der Waals surface area contributed by atoms with E-state index in [1.165, 1.54) is 4.31 Å². The summed E-state index contributed by atoms with van der Waals surface area (Å²) in [7, 11) is -2.37. The van der Waals surface area contributed by atoms with Crippen LogP contribution in [0.5, 0.6) is 5.88 Å². The Morgan fingerprint density at radius 3 is 2.41 bits per heavy atom. The highest BCUT2D eigenvalue weighted by atomic mass is 32.2. The highest BCUT2D eigenvalue weighted by Gasteiger charge is 2.55. The number of rotatable bonds is 11. The predicted molar refractivity (Wildman–Crippen MR) is 128 cm³/mol. The van der Waals surface area contributed by atoms with E-state index in [-0.39, 0.29) is 25.9 Å². The molecule has 0 bridgehead atoms. The highest BCUT2D eigenvalue weighted by Crippen LogP contribution is 2.34. The van der Waals surface area contributed by atoms with Crippen LogP contribution in [0.4, 0.5) is 5.69 Å². The van der Waals surface area contributed by atoms with Gasteiger partial charge in [0.2, 0.25) is 15.9 Å². The van der Waals surface area contributed by atoms with E-state index in [2.05, 4.69) is 21.7 Å². The Kier molecular flexibility index (Phi) is 9.48. The van der Waals surface area contributed by atoms with Crippen LogP contribution in [0.2, 0.25) is 0 Å². The zero-order valence-electron chi connectivity index (χ0n) is 20.1. The second kappa shape index (κ2) is 12.1. The summed E-state index contributed by atoms with van der Waals surface area (Å²) in [5.74, 6) is -0.281. The summed E-state index contributed by atoms with van der Waals surface area (Å²) in [5, 5.41) is 9.36. The molecule has 0 saturated carbocycles. The number of methoxy groups -OCH3 is 1. The minimum absolute atomic E-state index is 0.120. The van der Waals surface area contributed by atoms with Crippen molar-refractivity contribution in [3.8, 4) is 5.88 Å². The predicted octanol–water partition coefficient (Wildman–Crippen LogP) is 0.699. The molecule has 0 atom stereocenters. The van der Waals surface area contributed by atoms with Crippen LogP contribution >= 0.6 is 0 Å². The monoisotopic (exact) mass is 499 g/mol. The Morgan fingerprint density at radius 2 is 1.85 bits per heavy atom. The first kappa shape index (κ1) is 26.6. The molecule has 0 aromatic carbocycles. The fraction of sp³-hybridized carbons (Fsp3) is 0.727. The lowest BCUT2D eigenvalue weighted by Crippen LogP contribution is -2.63. The van der Waals surface area contributed by atoms with Crippen molar-refractivity contribution in [1.29, 1.82) is 0 Å². The number of ether oxygens (including phenoxy) is 2. The maximum Gasteiger partial charge on any atom is 0.266 e. The van der Waals surface area contributed by atoms with Crippen LogP contribution in [-0.4, -0.2) is 105 Å². The van der Waals surface area contributed by atoms with Crippen molar-refractivity contribution in [2.24, 2.45) is 0 Å². The van der Waals surface area contributed by atoms with Gasteiger partial charge in [-0.25, -0.2) is 18.9 Å². The summed E-state index contributed by atoms with van der Waals surface area (Å²) < 4.78 is 37.7. The zero-order valence-corrected chi connectivity index (χ0v) is 20.9. The Bertz CT molecular complexity index is 882. The van der Waals surface area contributed by atoms with Gasteiger partial charge in [0.05, 0.1) is 25.1 Å². The van der Waals surface area contributed by atoms with Crippen LogP contribution < -0.4 is 15.1 Å². The molecule has 2 aliphatic rings. The third-order valence-corrected chi connectivity index (χ3v) is 9.32. The number of aromatic nitrogens is 1. The minimum Gasteiger partial charge on any atom is -0.478 e. The first-order valence-corrected chi connectivity index (χ1v) is 13.3. The number of unbranched alkanes of at least 4 members (excludes halogenated alkanes) is 1. The molecule has 2 aliphatic heterocycles. The average molecular weight is 500 g/mol. The normalized spacial score (nSPS) is 19.7. The number of hydrogen-bond acceptors (Lipinski definition) is 9. The van der Waals surface area contributed by atoms with Gasteiger partial charge >= 0.3 is 0 Å². The van der Waals surface area contributed by atoms with Crippen molar-refractivity contribution >= 4 is 21.6 Å². The molecule has 12 heteroatoms. The lowest BCUT2D eigenvalue weighted by Gasteiger charge is -2.44. The van der Waals surface area contributed by atoms with Gasteiger partial charge in [0, 0.05) is 59.0 Å². The van der Waals surface area contributed by atoms with E-state index in [4.69, 9.17) is 9.47 Å². The summed E-state index contributed by atoms with van der Waals surface area (Å²) in [6.07, 6.45) is 4.01. The molecular weight excluding hydrogens is 462 g/mol. The SMILES string of the molecule is CCCCOc1ccc(N2CCN(S(=O)(=O)C3(C(=O)NO)CCN(CCOC)CC3)CC2)cn1. The topological polar surface area (TPSA) is 125 Å². The van der Waals surface area contributed by atoms with Gasteiger partial charge in [-0.2, -0.15) is 4.31 Å². The van der Waals surface area contributed by atoms with Crippen molar-refractivity contribution in [3.05, 3.63) is 18.3 Å². The number of sulfonamides is 1. The summed E-state index contributed by atoms with van der Waals surface area (Å²) >= 11 is 0. The van der Waals surface area contributed by atoms with Crippen LogP contribution in [0.25, 0.3) is 0 Å². The van der Waals surface area contributed by atoms with Gasteiger partial charge in [0.1, 0.15) is 0 Å². The fourth-order valence-electron chi connectivity index (χ4n) is 4.46. The second-order valence-electron chi connectivity index (χ2n) is 8.72. The third-order valence-electron chi connectivity index (χ3n) is 6.70. The van der Waals surface area contributed by atoms with E-state index >= 15 is 0 Å². The van der Waals surface area contributed by atoms with E-state index in [1.54, 1.807) is 18.8 Å². The van der Waals surface area contributed by atoms with Gasteiger partial charge in [0.25, 0.3) is 5.91 Å². The van der Waals surface area contributed by atoms with E-state index in [0.717, 1.165) is 18.5 Å². The number of anilines is 1. The van der Waals surface area contributed by atoms with E-state index in [9.17, 15) is 18.4 Å².